The van der Waals surface area contributed by atoms with E-state index < -0.39 is 5.97 Å². The summed E-state index contributed by atoms with van der Waals surface area (Å²) in [5.74, 6) is 0.436. The van der Waals surface area contributed by atoms with Gasteiger partial charge < -0.3 is 14.8 Å². The van der Waals surface area contributed by atoms with E-state index >= 15 is 0 Å². The largest absolute Gasteiger partial charge is 0.494 e. The van der Waals surface area contributed by atoms with Crippen LogP contribution in [0.25, 0.3) is 10.2 Å². The monoisotopic (exact) mass is 390 g/mol. The van der Waals surface area contributed by atoms with Gasteiger partial charge in [0.2, 0.25) is 0 Å². The molecule has 26 heavy (non-hydrogen) atoms. The number of fused-ring (bicyclic) bond motifs is 1. The maximum Gasteiger partial charge on any atom is 0.335 e. The first-order valence-electron chi connectivity index (χ1n) is 8.04. The van der Waals surface area contributed by atoms with E-state index in [9.17, 15) is 9.59 Å². The zero-order valence-electron chi connectivity index (χ0n) is 14.4. The third kappa shape index (κ3) is 4.08. The van der Waals surface area contributed by atoms with Crippen LogP contribution in [0.5, 0.6) is 5.75 Å². The lowest BCUT2D eigenvalue weighted by molar-refractivity contribution is 0.0697. The van der Waals surface area contributed by atoms with E-state index in [-0.39, 0.29) is 11.1 Å². The molecule has 0 aliphatic heterocycles. The fourth-order valence-electron chi connectivity index (χ4n) is 2.41. The molecule has 6 nitrogen and oxygen atoms in total. The minimum absolute atomic E-state index is 0.0888. The number of rotatable bonds is 7. The maximum atomic E-state index is 12.2. The van der Waals surface area contributed by atoms with Gasteiger partial charge in [0.25, 0.3) is 5.56 Å². The maximum absolute atomic E-state index is 12.2. The Hall–Kier alpha value is -2.32. The van der Waals surface area contributed by atoms with Crippen molar-refractivity contribution >= 4 is 39.3 Å². The summed E-state index contributed by atoms with van der Waals surface area (Å²) in [6.45, 7) is 4.44. The van der Waals surface area contributed by atoms with Crippen LogP contribution < -0.4 is 10.3 Å². The number of aromatic nitrogens is 2. The van der Waals surface area contributed by atoms with Crippen LogP contribution in [-0.4, -0.2) is 33.4 Å². The Labute approximate surface area is 158 Å². The lowest BCUT2D eigenvalue weighted by atomic mass is 10.2. The molecule has 8 heteroatoms. The number of thiophene rings is 1. The van der Waals surface area contributed by atoms with E-state index in [4.69, 9.17) is 9.84 Å². The van der Waals surface area contributed by atoms with Gasteiger partial charge in [-0.05, 0) is 50.1 Å². The number of H-pyrrole nitrogens is 1. The smallest absolute Gasteiger partial charge is 0.335 e. The van der Waals surface area contributed by atoms with Gasteiger partial charge in [0.05, 0.1) is 17.6 Å². The Morgan fingerprint density at radius 3 is 2.73 bits per heavy atom. The van der Waals surface area contributed by atoms with Crippen molar-refractivity contribution in [3.05, 3.63) is 50.6 Å². The van der Waals surface area contributed by atoms with Gasteiger partial charge in [-0.2, -0.15) is 0 Å². The summed E-state index contributed by atoms with van der Waals surface area (Å²) in [6, 6.07) is 6.32. The van der Waals surface area contributed by atoms with Crippen molar-refractivity contribution in [2.75, 3.05) is 12.4 Å². The minimum atomic E-state index is -0.956. The summed E-state index contributed by atoms with van der Waals surface area (Å²) in [6.07, 6.45) is 0.773. The van der Waals surface area contributed by atoms with Crippen LogP contribution in [0, 0.1) is 13.8 Å². The summed E-state index contributed by atoms with van der Waals surface area (Å²) < 4.78 is 5.60. The van der Waals surface area contributed by atoms with Crippen LogP contribution in [0.2, 0.25) is 0 Å². The fraction of sp³-hybridized carbons (Fsp3) is 0.278. The number of hydrogen-bond acceptors (Lipinski definition) is 6. The van der Waals surface area contributed by atoms with E-state index in [1.54, 1.807) is 23.5 Å². The van der Waals surface area contributed by atoms with Crippen LogP contribution in [0.3, 0.4) is 0 Å². The molecule has 0 radical (unpaired) electrons. The molecule has 2 heterocycles. The van der Waals surface area contributed by atoms with Crippen molar-refractivity contribution in [3.63, 3.8) is 0 Å². The number of aryl methyl sites for hydroxylation is 2. The Morgan fingerprint density at radius 1 is 1.31 bits per heavy atom. The average Bonchev–Trinajstić information content (AvgIpc) is 2.89. The first-order valence-corrected chi connectivity index (χ1v) is 9.85. The number of aromatic amines is 1. The molecule has 0 aliphatic rings. The predicted molar refractivity (Wildman–Crippen MR) is 104 cm³/mol. The molecular formula is C18H18N2O4S2. The second kappa shape index (κ2) is 7.92. The fourth-order valence-corrected chi connectivity index (χ4v) is 4.28. The number of ether oxygens (including phenoxy) is 1. The molecule has 0 spiro atoms. The second-order valence-electron chi connectivity index (χ2n) is 5.71. The standard InChI is InChI=1S/C18H18N2O4S2/c1-10-11(2)26-16-14(10)15(21)19-18(20-16)25-9-3-8-24-13-6-4-12(5-7-13)17(22)23/h4-7H,3,8-9H2,1-2H3,(H,22,23)(H,19,20,21). The zero-order chi connectivity index (χ0) is 18.7. The number of hydrogen-bond donors (Lipinski definition) is 2. The molecule has 0 bridgehead atoms. The molecule has 2 N–H and O–H groups in total. The Kier molecular flexibility index (Phi) is 5.63. The molecule has 0 atom stereocenters. The van der Waals surface area contributed by atoms with E-state index in [2.05, 4.69) is 9.97 Å². The van der Waals surface area contributed by atoms with Gasteiger partial charge >= 0.3 is 5.97 Å². The van der Waals surface area contributed by atoms with Gasteiger partial charge in [-0.15, -0.1) is 11.3 Å². The van der Waals surface area contributed by atoms with Crippen molar-refractivity contribution in [1.29, 1.82) is 0 Å². The number of carboxylic acid groups (broad SMARTS) is 1. The van der Waals surface area contributed by atoms with E-state index in [0.717, 1.165) is 27.4 Å². The highest BCUT2D eigenvalue weighted by Crippen LogP contribution is 2.27. The van der Waals surface area contributed by atoms with Crippen LogP contribution in [0.1, 0.15) is 27.2 Å². The normalized spacial score (nSPS) is 11.0. The van der Waals surface area contributed by atoms with Crippen molar-refractivity contribution in [3.8, 4) is 5.75 Å². The second-order valence-corrected chi connectivity index (χ2v) is 8.00. The van der Waals surface area contributed by atoms with Crippen molar-refractivity contribution in [1.82, 2.24) is 9.97 Å². The lowest BCUT2D eigenvalue weighted by Crippen LogP contribution is -2.09. The van der Waals surface area contributed by atoms with Crippen LogP contribution >= 0.6 is 23.1 Å². The molecular weight excluding hydrogens is 372 g/mol. The number of carboxylic acids is 1. The Morgan fingerprint density at radius 2 is 2.04 bits per heavy atom. The first-order chi connectivity index (χ1) is 12.5. The molecule has 0 fully saturated rings. The molecule has 2 aromatic heterocycles. The molecule has 1 aromatic carbocycles. The van der Waals surface area contributed by atoms with Gasteiger partial charge in [0.15, 0.2) is 5.16 Å². The van der Waals surface area contributed by atoms with Crippen molar-refractivity contribution in [2.24, 2.45) is 0 Å². The number of thioether (sulfide) groups is 1. The van der Waals surface area contributed by atoms with Crippen LogP contribution in [0.4, 0.5) is 0 Å². The van der Waals surface area contributed by atoms with Gasteiger partial charge in [-0.1, -0.05) is 11.8 Å². The predicted octanol–water partition coefficient (Wildman–Crippen LogP) is 3.86. The Balaban J connectivity index is 1.51. The molecule has 0 unspecified atom stereocenters. The molecule has 3 aromatic rings. The van der Waals surface area contributed by atoms with E-state index in [1.165, 1.54) is 23.9 Å². The summed E-state index contributed by atoms with van der Waals surface area (Å²) >= 11 is 3.03. The highest BCUT2D eigenvalue weighted by molar-refractivity contribution is 7.99. The topological polar surface area (TPSA) is 92.3 Å². The van der Waals surface area contributed by atoms with Gasteiger partial charge in [0, 0.05) is 10.6 Å². The highest BCUT2D eigenvalue weighted by Gasteiger charge is 2.11. The molecule has 0 amide bonds. The number of carbonyl (C=O) groups is 1. The molecule has 136 valence electrons. The van der Waals surface area contributed by atoms with E-state index in [0.29, 0.717) is 22.9 Å². The van der Waals surface area contributed by atoms with Crippen LogP contribution in [-0.2, 0) is 0 Å². The lowest BCUT2D eigenvalue weighted by Gasteiger charge is -2.06. The van der Waals surface area contributed by atoms with Crippen molar-refractivity contribution < 1.29 is 14.6 Å². The van der Waals surface area contributed by atoms with Crippen molar-refractivity contribution in [2.45, 2.75) is 25.4 Å². The quantitative estimate of drug-likeness (QED) is 0.362. The number of benzene rings is 1. The summed E-state index contributed by atoms with van der Waals surface area (Å²) in [4.78, 5) is 32.3. The molecule has 0 aliphatic carbocycles. The third-order valence-electron chi connectivity index (χ3n) is 3.91. The number of aromatic carboxylic acids is 1. The zero-order valence-corrected chi connectivity index (χ0v) is 16.0. The minimum Gasteiger partial charge on any atom is -0.494 e. The summed E-state index contributed by atoms with van der Waals surface area (Å²) in [5, 5.41) is 10.2. The molecule has 0 saturated heterocycles. The number of nitrogens with one attached hydrogen (secondary N) is 1. The molecule has 3 rings (SSSR count). The van der Waals surface area contributed by atoms with Gasteiger partial charge in [-0.25, -0.2) is 9.78 Å². The van der Waals surface area contributed by atoms with Crippen LogP contribution in [0.15, 0.2) is 34.2 Å². The van der Waals surface area contributed by atoms with Gasteiger partial charge in [-0.3, -0.25) is 4.79 Å². The summed E-state index contributed by atoms with van der Waals surface area (Å²) in [5.41, 5.74) is 1.14. The SMILES string of the molecule is Cc1sc2nc(SCCCOc3ccc(C(=O)O)cc3)[nH]c(=O)c2c1C. The highest BCUT2D eigenvalue weighted by atomic mass is 32.2. The number of nitrogens with zero attached hydrogens (tertiary/aromatic N) is 1. The average molecular weight is 390 g/mol. The Bertz CT molecular complexity index is 993. The van der Waals surface area contributed by atoms with Gasteiger partial charge in [0.1, 0.15) is 10.6 Å². The first kappa shape index (κ1) is 18.5. The molecule has 0 saturated carbocycles. The third-order valence-corrected chi connectivity index (χ3v) is 5.98. The van der Waals surface area contributed by atoms with E-state index in [1.807, 2.05) is 13.8 Å². The summed E-state index contributed by atoms with van der Waals surface area (Å²) in [7, 11) is 0.